The number of hydrogen-bond acceptors (Lipinski definition) is 2. The monoisotopic (exact) mass is 235 g/mol. The Morgan fingerprint density at radius 3 is 2.71 bits per heavy atom. The molecule has 1 aliphatic carbocycles. The summed E-state index contributed by atoms with van der Waals surface area (Å²) in [7, 11) is 0. The summed E-state index contributed by atoms with van der Waals surface area (Å²) in [5.41, 5.74) is 3.09. The van der Waals surface area contributed by atoms with Crippen molar-refractivity contribution in [3.8, 4) is 0 Å². The lowest BCUT2D eigenvalue weighted by Gasteiger charge is -2.32. The van der Waals surface area contributed by atoms with Crippen molar-refractivity contribution in [3.05, 3.63) is 34.9 Å². The molecule has 0 aromatic rings. The number of ketones is 1. The van der Waals surface area contributed by atoms with Crippen LogP contribution in [0.25, 0.3) is 0 Å². The Hall–Kier alpha value is -1.15. The lowest BCUT2D eigenvalue weighted by molar-refractivity contribution is -0.116. The maximum Gasteiger partial charge on any atom is 0.158 e. The first-order chi connectivity index (χ1) is 7.88. The predicted molar refractivity (Wildman–Crippen MR) is 70.7 cm³/mol. The molecule has 0 bridgehead atoms. The lowest BCUT2D eigenvalue weighted by atomic mass is 9.76. The third kappa shape index (κ3) is 3.40. The van der Waals surface area contributed by atoms with Crippen molar-refractivity contribution >= 4 is 5.78 Å². The molecule has 94 valence electrons. The molecule has 1 aliphatic rings. The summed E-state index contributed by atoms with van der Waals surface area (Å²) >= 11 is 0. The van der Waals surface area contributed by atoms with Gasteiger partial charge in [0.2, 0.25) is 0 Å². The highest BCUT2D eigenvalue weighted by Gasteiger charge is 2.30. The van der Waals surface area contributed by atoms with Crippen LogP contribution in [0.2, 0.25) is 0 Å². The number of Topliss-reactive ketones (excluding diaryl/α,β-unsaturated/α-hetero) is 1. The van der Waals surface area contributed by atoms with Crippen LogP contribution in [0.4, 0.5) is 0 Å². The van der Waals surface area contributed by atoms with Crippen LogP contribution >= 0.6 is 0 Å². The highest BCUT2D eigenvalue weighted by atomic mass is 16.2. The molecule has 0 heterocycles. The summed E-state index contributed by atoms with van der Waals surface area (Å²) in [5, 5.41) is 8.79. The van der Waals surface area contributed by atoms with Gasteiger partial charge < -0.3 is 5.11 Å². The van der Waals surface area contributed by atoms with E-state index in [1.165, 1.54) is 0 Å². The fourth-order valence-corrected chi connectivity index (χ4v) is 2.18. The molecule has 0 aromatic heterocycles. The average Bonchev–Trinajstić information content (AvgIpc) is 2.24. The van der Waals surface area contributed by atoms with Crippen LogP contribution in [0.5, 0.6) is 0 Å². The number of rotatable bonds is 3. The normalized spacial score (nSPS) is 21.5. The Kier molecular flexibility index (Phi) is 4.47. The molecule has 0 fully saturated rings. The van der Waals surface area contributed by atoms with Gasteiger partial charge in [0.1, 0.15) is 0 Å². The van der Waals surface area contributed by atoms with Crippen LogP contribution in [-0.4, -0.2) is 17.5 Å². The van der Waals surface area contributed by atoms with Crippen LogP contribution < -0.4 is 0 Å². The maximum atomic E-state index is 11.7. The van der Waals surface area contributed by atoms with Gasteiger partial charge in [0.15, 0.2) is 5.78 Å². The molecule has 1 N–H and O–H groups in total. The number of carbonyl (C=O) groups is 1. The second-order valence-corrected chi connectivity index (χ2v) is 5.31. The first-order valence-corrected chi connectivity index (χ1v) is 6.09. The molecular formula is C15H22O2. The molecule has 0 unspecified atom stereocenters. The number of aliphatic hydroxyl groups is 1. The van der Waals surface area contributed by atoms with Crippen LogP contribution in [-0.2, 0) is 4.79 Å². The molecule has 2 nitrogen and oxygen atoms in total. The van der Waals surface area contributed by atoms with Gasteiger partial charge in [-0.3, -0.25) is 4.79 Å². The zero-order valence-corrected chi connectivity index (χ0v) is 11.2. The Balaban J connectivity index is 3.04. The van der Waals surface area contributed by atoms with Crippen molar-refractivity contribution < 1.29 is 9.90 Å². The van der Waals surface area contributed by atoms with Crippen molar-refractivity contribution in [3.63, 3.8) is 0 Å². The summed E-state index contributed by atoms with van der Waals surface area (Å²) in [5.74, 6) is 0.257. The van der Waals surface area contributed by atoms with Gasteiger partial charge in [-0.25, -0.2) is 0 Å². The van der Waals surface area contributed by atoms with Gasteiger partial charge in [-0.05, 0) is 36.8 Å². The van der Waals surface area contributed by atoms with E-state index in [1.807, 2.05) is 26.0 Å². The van der Waals surface area contributed by atoms with Gasteiger partial charge in [0.05, 0.1) is 6.61 Å². The zero-order chi connectivity index (χ0) is 13.1. The summed E-state index contributed by atoms with van der Waals surface area (Å²) in [6, 6.07) is 0. The van der Waals surface area contributed by atoms with E-state index >= 15 is 0 Å². The summed E-state index contributed by atoms with van der Waals surface area (Å²) in [6.45, 7) is 8.26. The SMILES string of the molecule is CC1=C(/C=C/C(C)=C/CO)C(C)(C)CC[13C]1=O. The third-order valence-electron chi connectivity index (χ3n) is 3.45. The number of allylic oxidation sites excluding steroid dienone is 5. The van der Waals surface area contributed by atoms with Crippen molar-refractivity contribution in [2.75, 3.05) is 6.61 Å². The second-order valence-electron chi connectivity index (χ2n) is 5.31. The molecule has 0 atom stereocenters. The minimum atomic E-state index is 0.0521. The average molecular weight is 235 g/mol. The maximum absolute atomic E-state index is 11.7. The quantitative estimate of drug-likeness (QED) is 0.602. The van der Waals surface area contributed by atoms with Crippen LogP contribution in [0.3, 0.4) is 0 Å². The van der Waals surface area contributed by atoms with Gasteiger partial charge in [-0.2, -0.15) is 0 Å². The second kappa shape index (κ2) is 5.46. The van der Waals surface area contributed by atoms with E-state index in [9.17, 15) is 4.79 Å². The molecule has 0 saturated heterocycles. The highest BCUT2D eigenvalue weighted by molar-refractivity contribution is 5.97. The standard InChI is InChI=1S/C15H22O2/c1-11(8-10-16)5-6-13-12(2)14(17)7-9-15(13,3)4/h5-6,8,16H,7,9-10H2,1-4H3/b6-5+,11-8+/i14+1. The Bertz CT molecular complexity index is 395. The van der Waals surface area contributed by atoms with E-state index in [-0.39, 0.29) is 17.8 Å². The molecular weight excluding hydrogens is 213 g/mol. The van der Waals surface area contributed by atoms with E-state index in [0.29, 0.717) is 6.42 Å². The van der Waals surface area contributed by atoms with Crippen LogP contribution in [0.15, 0.2) is 34.9 Å². The van der Waals surface area contributed by atoms with Gasteiger partial charge in [0, 0.05) is 6.42 Å². The summed E-state index contributed by atoms with van der Waals surface area (Å²) in [4.78, 5) is 11.7. The number of aliphatic hydroxyl groups excluding tert-OH is 1. The van der Waals surface area contributed by atoms with E-state index in [4.69, 9.17) is 5.11 Å². The lowest BCUT2D eigenvalue weighted by Crippen LogP contribution is -2.24. The van der Waals surface area contributed by atoms with Gasteiger partial charge >= 0.3 is 0 Å². The van der Waals surface area contributed by atoms with Gasteiger partial charge in [-0.15, -0.1) is 0 Å². The zero-order valence-electron chi connectivity index (χ0n) is 11.2. The van der Waals surface area contributed by atoms with E-state index in [2.05, 4.69) is 13.8 Å². The molecule has 0 aromatic carbocycles. The molecule has 17 heavy (non-hydrogen) atoms. The predicted octanol–water partition coefficient (Wildman–Crippen LogP) is 3.19. The topological polar surface area (TPSA) is 37.3 Å². The van der Waals surface area contributed by atoms with Gasteiger partial charge in [-0.1, -0.05) is 37.6 Å². The highest BCUT2D eigenvalue weighted by Crippen LogP contribution is 2.39. The van der Waals surface area contributed by atoms with E-state index in [1.54, 1.807) is 6.08 Å². The summed E-state index contributed by atoms with van der Waals surface area (Å²) < 4.78 is 0. The fraction of sp³-hybridized carbons (Fsp3) is 0.533. The van der Waals surface area contributed by atoms with Crippen molar-refractivity contribution in [1.29, 1.82) is 0 Å². The first-order valence-electron chi connectivity index (χ1n) is 6.09. The minimum Gasteiger partial charge on any atom is -0.392 e. The Morgan fingerprint density at radius 2 is 2.12 bits per heavy atom. The van der Waals surface area contributed by atoms with Crippen LogP contribution in [0, 0.1) is 5.41 Å². The van der Waals surface area contributed by atoms with Crippen LogP contribution in [0.1, 0.15) is 40.5 Å². The molecule has 1 rings (SSSR count). The molecule has 0 saturated carbocycles. The third-order valence-corrected chi connectivity index (χ3v) is 3.45. The molecule has 0 spiro atoms. The van der Waals surface area contributed by atoms with Crippen molar-refractivity contribution in [2.24, 2.45) is 5.41 Å². The first kappa shape index (κ1) is 13.9. The Labute approximate surface area is 104 Å². The van der Waals surface area contributed by atoms with Crippen molar-refractivity contribution in [1.82, 2.24) is 0 Å². The summed E-state index contributed by atoms with van der Waals surface area (Å²) in [6.07, 6.45) is 7.31. The largest absolute Gasteiger partial charge is 0.392 e. The number of carbonyl (C=O) groups excluding carboxylic acids is 1. The van der Waals surface area contributed by atoms with Gasteiger partial charge in [0.25, 0.3) is 0 Å². The molecule has 2 heteroatoms. The molecule has 0 aliphatic heterocycles. The number of hydrogen-bond donors (Lipinski definition) is 1. The molecule has 0 radical (unpaired) electrons. The smallest absolute Gasteiger partial charge is 0.158 e. The molecule has 0 amide bonds. The van der Waals surface area contributed by atoms with Crippen molar-refractivity contribution in [2.45, 2.75) is 40.5 Å². The fourth-order valence-electron chi connectivity index (χ4n) is 2.18. The Morgan fingerprint density at radius 1 is 1.47 bits per heavy atom. The minimum absolute atomic E-state index is 0.0521. The van der Waals surface area contributed by atoms with E-state index < -0.39 is 0 Å². The van der Waals surface area contributed by atoms with E-state index in [0.717, 1.165) is 23.1 Å².